The Labute approximate surface area is 152 Å². The number of nitrogens with zero attached hydrogens (tertiary/aromatic N) is 5. The van der Waals surface area contributed by atoms with Crippen LogP contribution in [-0.2, 0) is 17.9 Å². The van der Waals surface area contributed by atoms with E-state index in [4.69, 9.17) is 4.42 Å². The number of carbonyl (C=O) groups is 1. The fraction of sp³-hybridized carbons (Fsp3) is 0.500. The van der Waals surface area contributed by atoms with Crippen LogP contribution in [0.25, 0.3) is 11.0 Å². The van der Waals surface area contributed by atoms with Crippen LogP contribution >= 0.6 is 0 Å². The fourth-order valence-corrected chi connectivity index (χ4v) is 3.15. The number of aryl methyl sites for hydroxylation is 3. The van der Waals surface area contributed by atoms with E-state index in [2.05, 4.69) is 22.4 Å². The van der Waals surface area contributed by atoms with E-state index in [1.54, 1.807) is 6.26 Å². The van der Waals surface area contributed by atoms with Crippen molar-refractivity contribution < 1.29 is 9.21 Å². The summed E-state index contributed by atoms with van der Waals surface area (Å²) in [4.78, 5) is 14.3. The van der Waals surface area contributed by atoms with Crippen molar-refractivity contribution >= 4 is 16.9 Å². The van der Waals surface area contributed by atoms with E-state index < -0.39 is 0 Å². The van der Waals surface area contributed by atoms with Gasteiger partial charge in [0.25, 0.3) is 0 Å². The van der Waals surface area contributed by atoms with Crippen molar-refractivity contribution in [1.29, 1.82) is 0 Å². The number of carbonyl (C=O) groups excluding carboxylic acids is 1. The summed E-state index contributed by atoms with van der Waals surface area (Å²) in [5.74, 6) is 0.833. The molecule has 0 aromatic carbocycles. The first-order valence-corrected chi connectivity index (χ1v) is 8.86. The Morgan fingerprint density at radius 3 is 2.85 bits per heavy atom. The molecular formula is C18H26N6O2. The Bertz CT molecular complexity index is 862. The van der Waals surface area contributed by atoms with Gasteiger partial charge in [-0.1, -0.05) is 0 Å². The van der Waals surface area contributed by atoms with Crippen LogP contribution in [0.2, 0.25) is 0 Å². The highest BCUT2D eigenvalue weighted by atomic mass is 16.3. The molecule has 0 fully saturated rings. The lowest BCUT2D eigenvalue weighted by molar-refractivity contribution is -0.121. The highest BCUT2D eigenvalue weighted by Crippen LogP contribution is 2.19. The maximum Gasteiger partial charge on any atom is 0.221 e. The van der Waals surface area contributed by atoms with Crippen molar-refractivity contribution in [3.05, 3.63) is 36.0 Å². The Kier molecular flexibility index (Phi) is 5.41. The molecule has 140 valence electrons. The molecule has 8 nitrogen and oxygen atoms in total. The molecule has 3 rings (SSSR count). The highest BCUT2D eigenvalue weighted by Gasteiger charge is 2.18. The topological polar surface area (TPSA) is 81.1 Å². The van der Waals surface area contributed by atoms with Crippen molar-refractivity contribution in [2.45, 2.75) is 39.4 Å². The van der Waals surface area contributed by atoms with Crippen molar-refractivity contribution in [3.8, 4) is 0 Å². The Balaban J connectivity index is 1.58. The van der Waals surface area contributed by atoms with Gasteiger partial charge in [0.2, 0.25) is 5.91 Å². The number of fused-ring (bicyclic) bond motifs is 1. The van der Waals surface area contributed by atoms with Crippen molar-refractivity contribution in [1.82, 2.24) is 29.8 Å². The van der Waals surface area contributed by atoms with Crippen LogP contribution in [0.15, 0.2) is 29.0 Å². The zero-order valence-electron chi connectivity index (χ0n) is 15.8. The molecule has 0 aliphatic rings. The molecule has 3 aromatic heterocycles. The number of amides is 1. The summed E-state index contributed by atoms with van der Waals surface area (Å²) in [7, 11) is 3.93. The maximum absolute atomic E-state index is 12.3. The summed E-state index contributed by atoms with van der Waals surface area (Å²) in [5, 5.41) is 11.9. The van der Waals surface area contributed by atoms with Gasteiger partial charge in [-0.2, -0.15) is 10.2 Å². The van der Waals surface area contributed by atoms with Gasteiger partial charge in [0.05, 0.1) is 30.7 Å². The van der Waals surface area contributed by atoms with Gasteiger partial charge in [-0.05, 0) is 40.1 Å². The Hall–Kier alpha value is -2.61. The van der Waals surface area contributed by atoms with Gasteiger partial charge in [0.1, 0.15) is 16.8 Å². The lowest BCUT2D eigenvalue weighted by Gasteiger charge is -2.22. The van der Waals surface area contributed by atoms with Gasteiger partial charge in [-0.15, -0.1) is 0 Å². The van der Waals surface area contributed by atoms with Crippen molar-refractivity contribution in [3.63, 3.8) is 0 Å². The number of hydrogen-bond acceptors (Lipinski definition) is 5. The molecule has 26 heavy (non-hydrogen) atoms. The Morgan fingerprint density at radius 2 is 2.19 bits per heavy atom. The lowest BCUT2D eigenvalue weighted by atomic mass is 10.2. The van der Waals surface area contributed by atoms with Crippen molar-refractivity contribution in [2.24, 2.45) is 0 Å². The van der Waals surface area contributed by atoms with Gasteiger partial charge in [0.15, 0.2) is 0 Å². The SMILES string of the molecule is CCn1nc(C)c2c1cnn2CCC(=O)NCC(c1ccco1)N(C)C. The van der Waals surface area contributed by atoms with Crippen molar-refractivity contribution in [2.75, 3.05) is 20.6 Å². The van der Waals surface area contributed by atoms with Crippen LogP contribution < -0.4 is 5.32 Å². The molecule has 1 amide bonds. The standard InChI is InChI=1S/C18H26N6O2/c1-5-23-15-12-20-24(18(15)13(2)21-23)9-8-17(25)19-11-14(22(3)4)16-7-6-10-26-16/h6-7,10,12,14H,5,8-9,11H2,1-4H3,(H,19,25). The van der Waals surface area contributed by atoms with Crippen LogP contribution in [0.5, 0.6) is 0 Å². The predicted octanol–water partition coefficient (Wildman–Crippen LogP) is 1.96. The van der Waals surface area contributed by atoms with E-state index in [-0.39, 0.29) is 11.9 Å². The number of likely N-dealkylation sites (N-methyl/N-ethyl adjacent to an activating group) is 1. The largest absolute Gasteiger partial charge is 0.468 e. The third-order valence-corrected chi connectivity index (χ3v) is 4.55. The lowest BCUT2D eigenvalue weighted by Crippen LogP contribution is -2.34. The summed E-state index contributed by atoms with van der Waals surface area (Å²) in [6.07, 6.45) is 3.83. The minimum Gasteiger partial charge on any atom is -0.468 e. The molecule has 0 saturated heterocycles. The van der Waals surface area contributed by atoms with Gasteiger partial charge in [-0.25, -0.2) is 0 Å². The fourth-order valence-electron chi connectivity index (χ4n) is 3.15. The summed E-state index contributed by atoms with van der Waals surface area (Å²) >= 11 is 0. The highest BCUT2D eigenvalue weighted by molar-refractivity contribution is 5.78. The van der Waals surface area contributed by atoms with Gasteiger partial charge < -0.3 is 9.73 Å². The first-order valence-electron chi connectivity index (χ1n) is 8.86. The summed E-state index contributed by atoms with van der Waals surface area (Å²) in [6.45, 7) is 5.85. The molecule has 1 unspecified atom stereocenters. The van der Waals surface area contributed by atoms with E-state index in [9.17, 15) is 4.79 Å². The molecule has 0 radical (unpaired) electrons. The number of rotatable bonds is 8. The minimum absolute atomic E-state index is 0.00686. The molecule has 3 aromatic rings. The van der Waals surface area contributed by atoms with Gasteiger partial charge in [-0.3, -0.25) is 19.1 Å². The molecule has 0 saturated carbocycles. The molecule has 0 bridgehead atoms. The summed E-state index contributed by atoms with van der Waals surface area (Å²) < 4.78 is 9.26. The van der Waals surface area contributed by atoms with Crippen LogP contribution in [-0.4, -0.2) is 51.0 Å². The average molecular weight is 358 g/mol. The first-order chi connectivity index (χ1) is 12.5. The molecule has 0 aliphatic carbocycles. The van der Waals surface area contributed by atoms with Gasteiger partial charge >= 0.3 is 0 Å². The van der Waals surface area contributed by atoms with E-state index >= 15 is 0 Å². The smallest absolute Gasteiger partial charge is 0.221 e. The summed E-state index contributed by atoms with van der Waals surface area (Å²) in [6, 6.07) is 3.79. The zero-order chi connectivity index (χ0) is 18.7. The Morgan fingerprint density at radius 1 is 1.38 bits per heavy atom. The monoisotopic (exact) mass is 358 g/mol. The van der Waals surface area contributed by atoms with E-state index in [0.717, 1.165) is 29.0 Å². The third kappa shape index (κ3) is 3.65. The molecule has 1 atom stereocenters. The van der Waals surface area contributed by atoms with E-state index in [1.165, 1.54) is 0 Å². The summed E-state index contributed by atoms with van der Waals surface area (Å²) in [5.41, 5.74) is 2.95. The molecule has 3 heterocycles. The third-order valence-electron chi connectivity index (χ3n) is 4.55. The first kappa shape index (κ1) is 18.2. The molecule has 0 spiro atoms. The van der Waals surface area contributed by atoms with Crippen LogP contribution in [0, 0.1) is 6.92 Å². The number of aromatic nitrogens is 4. The second-order valence-corrected chi connectivity index (χ2v) is 6.55. The minimum atomic E-state index is -0.00686. The molecular weight excluding hydrogens is 332 g/mol. The second kappa shape index (κ2) is 7.74. The number of hydrogen-bond donors (Lipinski definition) is 1. The molecule has 0 aliphatic heterocycles. The van der Waals surface area contributed by atoms with Crippen LogP contribution in [0.3, 0.4) is 0 Å². The van der Waals surface area contributed by atoms with Crippen LogP contribution in [0.4, 0.5) is 0 Å². The van der Waals surface area contributed by atoms with E-state index in [0.29, 0.717) is 19.5 Å². The maximum atomic E-state index is 12.3. The zero-order valence-corrected chi connectivity index (χ0v) is 15.8. The van der Waals surface area contributed by atoms with E-state index in [1.807, 2.05) is 53.6 Å². The quantitative estimate of drug-likeness (QED) is 0.666. The molecule has 1 N–H and O–H groups in total. The average Bonchev–Trinajstić information content (AvgIpc) is 3.32. The molecule has 8 heteroatoms. The van der Waals surface area contributed by atoms with Crippen LogP contribution in [0.1, 0.15) is 30.8 Å². The normalized spacial score (nSPS) is 12.8. The van der Waals surface area contributed by atoms with Gasteiger partial charge in [0, 0.05) is 19.5 Å². The predicted molar refractivity (Wildman–Crippen MR) is 98.7 cm³/mol. The number of furan rings is 1. The second-order valence-electron chi connectivity index (χ2n) is 6.55. The number of nitrogens with one attached hydrogen (secondary N) is 1.